The lowest BCUT2D eigenvalue weighted by atomic mass is 10.1. The second kappa shape index (κ2) is 9.16. The van der Waals surface area contributed by atoms with Gasteiger partial charge in [-0.1, -0.05) is 18.5 Å². The smallest absolute Gasteiger partial charge is 0.420 e. The van der Waals surface area contributed by atoms with E-state index in [0.717, 1.165) is 30.7 Å². The van der Waals surface area contributed by atoms with Gasteiger partial charge in [0, 0.05) is 13.6 Å². The van der Waals surface area contributed by atoms with E-state index >= 15 is 0 Å². The van der Waals surface area contributed by atoms with Gasteiger partial charge in [-0.25, -0.2) is 4.99 Å². The van der Waals surface area contributed by atoms with Gasteiger partial charge in [0.15, 0.2) is 0 Å². The Kier molecular flexibility index (Phi) is 7.28. The molecule has 0 aliphatic heterocycles. The fraction of sp³-hybridized carbons (Fsp3) is 0.350. The first kappa shape index (κ1) is 23.9. The quantitative estimate of drug-likeness (QED) is 0.258. The van der Waals surface area contributed by atoms with Crippen molar-refractivity contribution in [3.8, 4) is 11.5 Å². The molecule has 0 aliphatic rings. The minimum absolute atomic E-state index is 0.0738. The van der Waals surface area contributed by atoms with Crippen molar-refractivity contribution >= 4 is 23.6 Å². The lowest BCUT2D eigenvalue weighted by Crippen LogP contribution is -2.16. The Hall–Kier alpha value is -2.42. The van der Waals surface area contributed by atoms with Crippen LogP contribution in [0.1, 0.15) is 30.0 Å². The molecule has 0 aliphatic carbocycles. The van der Waals surface area contributed by atoms with Crippen molar-refractivity contribution in [2.75, 3.05) is 13.6 Å². The highest BCUT2D eigenvalue weighted by molar-refractivity contribution is 6.31. The molecule has 0 spiro atoms. The number of benzene rings is 2. The molecular formula is C20H19ClF6N2O. The molecule has 3 nitrogen and oxygen atoms in total. The Labute approximate surface area is 174 Å². The van der Waals surface area contributed by atoms with Crippen molar-refractivity contribution in [1.82, 2.24) is 4.90 Å². The van der Waals surface area contributed by atoms with Gasteiger partial charge in [0.2, 0.25) is 0 Å². The first-order valence-corrected chi connectivity index (χ1v) is 9.21. The number of aryl methyl sites for hydroxylation is 1. The van der Waals surface area contributed by atoms with E-state index in [4.69, 9.17) is 16.3 Å². The van der Waals surface area contributed by atoms with Crippen molar-refractivity contribution in [3.05, 3.63) is 52.0 Å². The Balaban J connectivity index is 2.47. The maximum atomic E-state index is 13.6. The van der Waals surface area contributed by atoms with E-state index in [-0.39, 0.29) is 5.69 Å². The monoisotopic (exact) mass is 452 g/mol. The summed E-state index contributed by atoms with van der Waals surface area (Å²) in [7, 11) is 1.74. The summed E-state index contributed by atoms with van der Waals surface area (Å²) in [5.41, 5.74) is -1.91. The van der Waals surface area contributed by atoms with Gasteiger partial charge < -0.3 is 9.64 Å². The number of hydrogen-bond donors (Lipinski definition) is 0. The van der Waals surface area contributed by atoms with Crippen molar-refractivity contribution < 1.29 is 31.1 Å². The molecule has 0 radical (unpaired) electrons. The zero-order valence-electron chi connectivity index (χ0n) is 16.3. The molecule has 0 bridgehead atoms. The molecule has 0 saturated carbocycles. The highest BCUT2D eigenvalue weighted by Gasteiger charge is 2.36. The van der Waals surface area contributed by atoms with Gasteiger partial charge in [0.05, 0.1) is 22.6 Å². The van der Waals surface area contributed by atoms with Gasteiger partial charge in [-0.05, 0) is 49.2 Å². The number of alkyl halides is 6. The number of aliphatic imine (C=N–C) groups is 1. The highest BCUT2D eigenvalue weighted by Crippen LogP contribution is 2.43. The summed E-state index contributed by atoms with van der Waals surface area (Å²) in [6.45, 7) is 4.15. The van der Waals surface area contributed by atoms with Crippen molar-refractivity contribution in [2.24, 2.45) is 4.99 Å². The Morgan fingerprint density at radius 2 is 1.67 bits per heavy atom. The van der Waals surface area contributed by atoms with Gasteiger partial charge in [-0.2, -0.15) is 26.3 Å². The molecule has 30 heavy (non-hydrogen) atoms. The SMILES string of the molecule is CCCN(C)/C=N/c1cc(C(F)(F)F)c(Oc2ccc(Cl)c(C(F)(F)F)c2)cc1C. The van der Waals surface area contributed by atoms with Crippen LogP contribution in [0, 0.1) is 6.92 Å². The summed E-state index contributed by atoms with van der Waals surface area (Å²) in [5, 5.41) is -0.581. The molecule has 0 aromatic heterocycles. The van der Waals surface area contributed by atoms with E-state index in [2.05, 4.69) is 4.99 Å². The van der Waals surface area contributed by atoms with Crippen LogP contribution in [0.5, 0.6) is 11.5 Å². The third-order valence-corrected chi connectivity index (χ3v) is 4.37. The van der Waals surface area contributed by atoms with Crippen LogP contribution in [0.15, 0.2) is 35.3 Å². The van der Waals surface area contributed by atoms with Crippen LogP contribution in [0.25, 0.3) is 0 Å². The molecule has 0 saturated heterocycles. The topological polar surface area (TPSA) is 24.8 Å². The minimum Gasteiger partial charge on any atom is -0.457 e. The molecule has 0 amide bonds. The zero-order valence-corrected chi connectivity index (χ0v) is 17.1. The second-order valence-electron chi connectivity index (χ2n) is 6.60. The summed E-state index contributed by atoms with van der Waals surface area (Å²) in [6.07, 6.45) is -7.32. The molecule has 2 aromatic rings. The minimum atomic E-state index is -4.80. The molecule has 164 valence electrons. The van der Waals surface area contributed by atoms with E-state index in [0.29, 0.717) is 18.2 Å². The van der Waals surface area contributed by atoms with E-state index in [1.54, 1.807) is 11.9 Å². The fourth-order valence-electron chi connectivity index (χ4n) is 2.60. The van der Waals surface area contributed by atoms with Crippen LogP contribution >= 0.6 is 11.6 Å². The van der Waals surface area contributed by atoms with Gasteiger partial charge in [0.25, 0.3) is 0 Å². The van der Waals surface area contributed by atoms with Crippen LogP contribution in [0.3, 0.4) is 0 Å². The Morgan fingerprint density at radius 3 is 2.23 bits per heavy atom. The molecule has 0 atom stereocenters. The van der Waals surface area contributed by atoms with Gasteiger partial charge >= 0.3 is 12.4 Å². The molecule has 0 N–H and O–H groups in total. The standard InChI is InChI=1S/C20H19ClF6N2O/c1-4-7-29(3)11-28-17-10-15(20(25,26)27)18(8-12(17)2)30-13-5-6-16(21)14(9-13)19(22,23)24/h5-6,8-11H,4,7H2,1-3H3/b28-11+. The molecule has 2 aromatic carbocycles. The summed E-state index contributed by atoms with van der Waals surface area (Å²) in [4.78, 5) is 5.81. The number of hydrogen-bond acceptors (Lipinski definition) is 2. The summed E-state index contributed by atoms with van der Waals surface area (Å²) >= 11 is 5.54. The second-order valence-corrected chi connectivity index (χ2v) is 7.01. The van der Waals surface area contributed by atoms with Gasteiger partial charge in [0.1, 0.15) is 17.1 Å². The lowest BCUT2D eigenvalue weighted by Gasteiger charge is -2.17. The van der Waals surface area contributed by atoms with E-state index in [1.165, 1.54) is 13.3 Å². The molecule has 0 unspecified atom stereocenters. The molecule has 2 rings (SSSR count). The van der Waals surface area contributed by atoms with E-state index in [1.807, 2.05) is 6.92 Å². The van der Waals surface area contributed by atoms with Crippen molar-refractivity contribution in [1.29, 1.82) is 0 Å². The molecule has 0 fully saturated rings. The third kappa shape index (κ3) is 6.04. The predicted molar refractivity (Wildman–Crippen MR) is 104 cm³/mol. The first-order chi connectivity index (χ1) is 13.8. The van der Waals surface area contributed by atoms with Crippen LogP contribution in [0.2, 0.25) is 5.02 Å². The molecule has 0 heterocycles. The summed E-state index contributed by atoms with van der Waals surface area (Å²) < 4.78 is 85.0. The average molecular weight is 453 g/mol. The Bertz CT molecular complexity index is 925. The number of halogens is 7. The first-order valence-electron chi connectivity index (χ1n) is 8.83. The lowest BCUT2D eigenvalue weighted by molar-refractivity contribution is -0.139. The zero-order chi connectivity index (χ0) is 22.7. The maximum Gasteiger partial charge on any atom is 0.420 e. The third-order valence-electron chi connectivity index (χ3n) is 4.04. The predicted octanol–water partition coefficient (Wildman–Crippen LogP) is 7.48. The summed E-state index contributed by atoms with van der Waals surface area (Å²) in [5.74, 6) is -1.05. The van der Waals surface area contributed by atoms with Crippen LogP contribution in [-0.4, -0.2) is 24.8 Å². The van der Waals surface area contributed by atoms with Gasteiger partial charge in [-0.3, -0.25) is 0 Å². The Morgan fingerprint density at radius 1 is 1.03 bits per heavy atom. The number of ether oxygens (including phenoxy) is 1. The molecular weight excluding hydrogens is 434 g/mol. The fourth-order valence-corrected chi connectivity index (χ4v) is 2.82. The number of nitrogens with zero attached hydrogens (tertiary/aromatic N) is 2. The van der Waals surface area contributed by atoms with E-state index < -0.39 is 40.0 Å². The van der Waals surface area contributed by atoms with Crippen LogP contribution in [0.4, 0.5) is 32.0 Å². The average Bonchev–Trinajstić information content (AvgIpc) is 2.61. The van der Waals surface area contributed by atoms with Crippen molar-refractivity contribution in [3.63, 3.8) is 0 Å². The van der Waals surface area contributed by atoms with Crippen LogP contribution in [-0.2, 0) is 12.4 Å². The summed E-state index contributed by atoms with van der Waals surface area (Å²) in [6, 6.07) is 4.45. The highest BCUT2D eigenvalue weighted by atomic mass is 35.5. The molecule has 10 heteroatoms. The number of rotatable bonds is 6. The largest absolute Gasteiger partial charge is 0.457 e. The van der Waals surface area contributed by atoms with Gasteiger partial charge in [-0.15, -0.1) is 0 Å². The van der Waals surface area contributed by atoms with Crippen molar-refractivity contribution in [2.45, 2.75) is 32.6 Å². The maximum absolute atomic E-state index is 13.6. The van der Waals surface area contributed by atoms with Crippen LogP contribution < -0.4 is 4.74 Å². The normalized spacial score (nSPS) is 12.5. The van der Waals surface area contributed by atoms with E-state index in [9.17, 15) is 26.3 Å².